The Bertz CT molecular complexity index is 379. The average Bonchev–Trinajstić information content (AvgIpc) is 2.17. The number of carboxylic acids is 1. The van der Waals surface area contributed by atoms with Crippen LogP contribution in [-0.4, -0.2) is 23.5 Å². The summed E-state index contributed by atoms with van der Waals surface area (Å²) in [7, 11) is 0. The van der Waals surface area contributed by atoms with Crippen molar-refractivity contribution >= 4 is 11.9 Å². The maximum atomic E-state index is 13.0. The van der Waals surface area contributed by atoms with Crippen LogP contribution in [0.3, 0.4) is 0 Å². The van der Waals surface area contributed by atoms with Crippen LogP contribution < -0.4 is 5.32 Å². The van der Waals surface area contributed by atoms with Gasteiger partial charge in [-0.05, 0) is 12.1 Å². The first-order chi connectivity index (χ1) is 7.11. The van der Waals surface area contributed by atoms with Crippen molar-refractivity contribution < 1.29 is 19.1 Å². The molecule has 0 bridgehead atoms. The van der Waals surface area contributed by atoms with Crippen LogP contribution in [0.2, 0.25) is 0 Å². The molecular weight excluding hydrogens is 201 g/mol. The third-order valence-corrected chi connectivity index (χ3v) is 1.74. The van der Waals surface area contributed by atoms with E-state index in [1.54, 1.807) is 0 Å². The van der Waals surface area contributed by atoms with E-state index < -0.39 is 17.7 Å². The summed E-state index contributed by atoms with van der Waals surface area (Å²) in [5, 5.41) is 10.6. The molecule has 1 aromatic rings. The summed E-state index contributed by atoms with van der Waals surface area (Å²) in [5.74, 6) is -2.23. The van der Waals surface area contributed by atoms with Gasteiger partial charge in [0, 0.05) is 6.54 Å². The largest absolute Gasteiger partial charge is 0.481 e. The lowest BCUT2D eigenvalue weighted by Gasteiger charge is -2.03. The van der Waals surface area contributed by atoms with E-state index in [0.29, 0.717) is 0 Å². The number of nitrogens with one attached hydrogen (secondary N) is 1. The first-order valence-electron chi connectivity index (χ1n) is 4.36. The molecule has 4 nitrogen and oxygen atoms in total. The standard InChI is InChI=1S/C10H10FNO3/c11-8-4-2-1-3-7(8)10(15)12-6-5-9(13)14/h1-4H,5-6H2,(H,12,15)(H,13,14). The molecule has 0 fully saturated rings. The molecule has 2 N–H and O–H groups in total. The van der Waals surface area contributed by atoms with Crippen LogP contribution in [0.4, 0.5) is 4.39 Å². The van der Waals surface area contributed by atoms with Crippen LogP contribution >= 0.6 is 0 Å². The summed E-state index contributed by atoms with van der Waals surface area (Å²) >= 11 is 0. The molecule has 1 aromatic carbocycles. The molecule has 1 amide bonds. The van der Waals surface area contributed by atoms with Crippen molar-refractivity contribution in [2.75, 3.05) is 6.54 Å². The second-order valence-corrected chi connectivity index (χ2v) is 2.88. The summed E-state index contributed by atoms with van der Waals surface area (Å²) in [5.41, 5.74) is -0.0807. The molecule has 0 unspecified atom stereocenters. The Hall–Kier alpha value is -1.91. The van der Waals surface area contributed by atoms with E-state index in [0.717, 1.165) is 0 Å². The molecule has 0 atom stereocenters. The van der Waals surface area contributed by atoms with Crippen LogP contribution in [0, 0.1) is 5.82 Å². The molecule has 0 spiro atoms. The zero-order valence-corrected chi connectivity index (χ0v) is 7.87. The van der Waals surface area contributed by atoms with Crippen molar-refractivity contribution in [1.29, 1.82) is 0 Å². The van der Waals surface area contributed by atoms with Crippen LogP contribution in [0.25, 0.3) is 0 Å². The highest BCUT2D eigenvalue weighted by molar-refractivity contribution is 5.94. The van der Waals surface area contributed by atoms with Gasteiger partial charge in [-0.2, -0.15) is 0 Å². The average molecular weight is 211 g/mol. The monoisotopic (exact) mass is 211 g/mol. The Morgan fingerprint density at radius 2 is 2.00 bits per heavy atom. The number of aliphatic carboxylic acids is 1. The zero-order chi connectivity index (χ0) is 11.3. The van der Waals surface area contributed by atoms with Crippen molar-refractivity contribution in [1.82, 2.24) is 5.32 Å². The van der Waals surface area contributed by atoms with E-state index in [2.05, 4.69) is 5.32 Å². The van der Waals surface area contributed by atoms with Gasteiger partial charge in [-0.3, -0.25) is 9.59 Å². The number of hydrogen-bond acceptors (Lipinski definition) is 2. The number of carbonyl (C=O) groups is 2. The highest BCUT2D eigenvalue weighted by Gasteiger charge is 2.10. The van der Waals surface area contributed by atoms with Gasteiger partial charge in [0.05, 0.1) is 12.0 Å². The fourth-order valence-electron chi connectivity index (χ4n) is 1.02. The smallest absolute Gasteiger partial charge is 0.305 e. The summed E-state index contributed by atoms with van der Waals surface area (Å²) in [6, 6.07) is 5.52. The van der Waals surface area contributed by atoms with Gasteiger partial charge in [-0.1, -0.05) is 12.1 Å². The van der Waals surface area contributed by atoms with Crippen LogP contribution in [0.5, 0.6) is 0 Å². The van der Waals surface area contributed by atoms with Gasteiger partial charge in [0.15, 0.2) is 0 Å². The van der Waals surface area contributed by atoms with Gasteiger partial charge < -0.3 is 10.4 Å². The van der Waals surface area contributed by atoms with E-state index in [1.807, 2.05) is 0 Å². The molecule has 0 heterocycles. The fourth-order valence-corrected chi connectivity index (χ4v) is 1.02. The fraction of sp³-hybridized carbons (Fsp3) is 0.200. The third-order valence-electron chi connectivity index (χ3n) is 1.74. The lowest BCUT2D eigenvalue weighted by atomic mass is 10.2. The summed E-state index contributed by atoms with van der Waals surface area (Å²) in [6.07, 6.45) is -0.180. The number of carbonyl (C=O) groups excluding carboxylic acids is 1. The number of amides is 1. The van der Waals surface area contributed by atoms with Crippen molar-refractivity contribution in [2.24, 2.45) is 0 Å². The van der Waals surface area contributed by atoms with Crippen molar-refractivity contribution in [3.05, 3.63) is 35.6 Å². The third kappa shape index (κ3) is 3.38. The second-order valence-electron chi connectivity index (χ2n) is 2.88. The number of hydrogen-bond donors (Lipinski definition) is 2. The van der Waals surface area contributed by atoms with Gasteiger partial charge in [0.25, 0.3) is 5.91 Å². The van der Waals surface area contributed by atoms with Crippen LogP contribution in [0.1, 0.15) is 16.8 Å². The summed E-state index contributed by atoms with van der Waals surface area (Å²) in [6.45, 7) is -0.0114. The molecule has 0 saturated heterocycles. The van der Waals surface area contributed by atoms with Gasteiger partial charge in [0.1, 0.15) is 5.82 Å². The molecule has 5 heteroatoms. The van der Waals surface area contributed by atoms with Crippen LogP contribution in [0.15, 0.2) is 24.3 Å². The Morgan fingerprint density at radius 3 is 2.60 bits per heavy atom. The van der Waals surface area contributed by atoms with E-state index in [1.165, 1.54) is 24.3 Å². The van der Waals surface area contributed by atoms with E-state index in [4.69, 9.17) is 5.11 Å². The van der Waals surface area contributed by atoms with Gasteiger partial charge in [-0.15, -0.1) is 0 Å². The van der Waals surface area contributed by atoms with E-state index in [-0.39, 0.29) is 18.5 Å². The highest BCUT2D eigenvalue weighted by atomic mass is 19.1. The Morgan fingerprint density at radius 1 is 1.33 bits per heavy atom. The van der Waals surface area contributed by atoms with E-state index in [9.17, 15) is 14.0 Å². The maximum Gasteiger partial charge on any atom is 0.305 e. The second kappa shape index (κ2) is 5.09. The van der Waals surface area contributed by atoms with Crippen LogP contribution in [-0.2, 0) is 4.79 Å². The van der Waals surface area contributed by atoms with E-state index >= 15 is 0 Å². The first-order valence-corrected chi connectivity index (χ1v) is 4.36. The predicted molar refractivity (Wildman–Crippen MR) is 51.0 cm³/mol. The quantitative estimate of drug-likeness (QED) is 0.781. The molecule has 0 aromatic heterocycles. The molecule has 0 aliphatic rings. The molecule has 1 rings (SSSR count). The molecule has 0 aliphatic heterocycles. The van der Waals surface area contributed by atoms with Gasteiger partial charge in [0.2, 0.25) is 0 Å². The van der Waals surface area contributed by atoms with Crippen molar-refractivity contribution in [3.8, 4) is 0 Å². The molecule has 0 saturated carbocycles. The predicted octanol–water partition coefficient (Wildman–Crippen LogP) is 1.03. The minimum Gasteiger partial charge on any atom is -0.481 e. The minimum atomic E-state index is -1.01. The summed E-state index contributed by atoms with van der Waals surface area (Å²) in [4.78, 5) is 21.5. The SMILES string of the molecule is O=C(O)CCNC(=O)c1ccccc1F. The van der Waals surface area contributed by atoms with Gasteiger partial charge >= 0.3 is 5.97 Å². The zero-order valence-electron chi connectivity index (χ0n) is 7.87. The Labute approximate surface area is 85.7 Å². The molecule has 0 aliphatic carbocycles. The minimum absolute atomic E-state index is 0.0114. The number of carboxylic acid groups (broad SMARTS) is 1. The maximum absolute atomic E-state index is 13.0. The normalized spacial score (nSPS) is 9.67. The Balaban J connectivity index is 2.54. The Kier molecular flexibility index (Phi) is 3.79. The van der Waals surface area contributed by atoms with Gasteiger partial charge in [-0.25, -0.2) is 4.39 Å². The van der Waals surface area contributed by atoms with Crippen molar-refractivity contribution in [2.45, 2.75) is 6.42 Å². The summed E-state index contributed by atoms with van der Waals surface area (Å²) < 4.78 is 13.0. The topological polar surface area (TPSA) is 66.4 Å². The lowest BCUT2D eigenvalue weighted by Crippen LogP contribution is -2.26. The number of benzene rings is 1. The lowest BCUT2D eigenvalue weighted by molar-refractivity contribution is -0.136. The molecule has 15 heavy (non-hydrogen) atoms. The molecule has 80 valence electrons. The first kappa shape index (κ1) is 11.2. The number of halogens is 1. The molecule has 0 radical (unpaired) electrons. The molecular formula is C10H10FNO3. The van der Waals surface area contributed by atoms with Crippen molar-refractivity contribution in [3.63, 3.8) is 0 Å². The number of rotatable bonds is 4. The highest BCUT2D eigenvalue weighted by Crippen LogP contribution is 2.05.